The first-order chi connectivity index (χ1) is 6.43. The fourth-order valence-corrected chi connectivity index (χ4v) is 1.03. The van der Waals surface area contributed by atoms with Crippen LogP contribution in [0, 0.1) is 12.3 Å². The number of hydrogen-bond acceptors (Lipinski definition) is 1. The molecule has 1 aromatic carbocycles. The molecule has 0 heterocycles. The minimum atomic E-state index is 0. The Morgan fingerprint density at radius 2 is 1.93 bits per heavy atom. The molecule has 0 bridgehead atoms. The summed E-state index contributed by atoms with van der Waals surface area (Å²) in [6.07, 6.45) is 8.27. The fraction of sp³-hybridized carbons (Fsp3) is 0.333. The van der Waals surface area contributed by atoms with Gasteiger partial charge in [-0.3, -0.25) is 0 Å². The van der Waals surface area contributed by atoms with Crippen molar-refractivity contribution in [2.45, 2.75) is 19.4 Å². The molecule has 0 aliphatic carbocycles. The standard InChI is InChI=1S/C12H13O.Li/c1-2-3-7-10-13-11-12-8-5-4-6-9-12;/h4-6,8-9H,3,7,10-11H2;/q-1;+1. The minimum Gasteiger partial charge on any atom is -0.694 e. The fourth-order valence-electron chi connectivity index (χ4n) is 1.03. The largest absolute Gasteiger partial charge is 1.00 e. The first kappa shape index (κ1) is 13.3. The van der Waals surface area contributed by atoms with Crippen molar-refractivity contribution in [2.75, 3.05) is 6.61 Å². The van der Waals surface area contributed by atoms with Gasteiger partial charge in [0.25, 0.3) is 0 Å². The number of rotatable bonds is 5. The second kappa shape index (κ2) is 8.91. The van der Waals surface area contributed by atoms with Crippen LogP contribution < -0.4 is 18.9 Å². The van der Waals surface area contributed by atoms with E-state index in [9.17, 15) is 0 Å². The maximum absolute atomic E-state index is 6.70. The van der Waals surface area contributed by atoms with Gasteiger partial charge in [0.15, 0.2) is 0 Å². The van der Waals surface area contributed by atoms with Crippen molar-refractivity contribution in [1.29, 1.82) is 0 Å². The molecule has 14 heavy (non-hydrogen) atoms. The zero-order chi connectivity index (χ0) is 9.36. The summed E-state index contributed by atoms with van der Waals surface area (Å²) in [6.45, 7) is 1.37. The summed E-state index contributed by atoms with van der Waals surface area (Å²) in [4.78, 5) is 0. The summed E-state index contributed by atoms with van der Waals surface area (Å²) in [5, 5.41) is 0. The van der Waals surface area contributed by atoms with Gasteiger partial charge in [-0.1, -0.05) is 30.3 Å². The van der Waals surface area contributed by atoms with Gasteiger partial charge in [0.2, 0.25) is 0 Å². The Kier molecular flexibility index (Phi) is 8.49. The van der Waals surface area contributed by atoms with E-state index in [0.717, 1.165) is 6.42 Å². The van der Waals surface area contributed by atoms with Crippen molar-refractivity contribution in [2.24, 2.45) is 0 Å². The van der Waals surface area contributed by atoms with E-state index in [1.54, 1.807) is 0 Å². The predicted octanol–water partition coefficient (Wildman–Crippen LogP) is -0.423. The van der Waals surface area contributed by atoms with Gasteiger partial charge in [-0.25, -0.2) is 0 Å². The smallest absolute Gasteiger partial charge is 0.694 e. The molecule has 1 rings (SSSR count). The monoisotopic (exact) mass is 180 g/mol. The molecule has 1 aromatic rings. The maximum atomic E-state index is 6.70. The van der Waals surface area contributed by atoms with Gasteiger partial charge in [-0.2, -0.15) is 0 Å². The Balaban J connectivity index is 0.00000169. The molecule has 0 N–H and O–H groups in total. The van der Waals surface area contributed by atoms with Crippen LogP contribution in [0.25, 0.3) is 0 Å². The second-order valence-corrected chi connectivity index (χ2v) is 2.82. The van der Waals surface area contributed by atoms with Crippen LogP contribution in [0.3, 0.4) is 0 Å². The Labute approximate surface area is 98.0 Å². The van der Waals surface area contributed by atoms with E-state index in [0.29, 0.717) is 19.6 Å². The van der Waals surface area contributed by atoms with Crippen LogP contribution in [0.5, 0.6) is 0 Å². The Morgan fingerprint density at radius 1 is 1.21 bits per heavy atom. The van der Waals surface area contributed by atoms with Crippen LogP contribution in [-0.4, -0.2) is 6.61 Å². The van der Waals surface area contributed by atoms with Gasteiger partial charge in [0, 0.05) is 6.61 Å². The van der Waals surface area contributed by atoms with Crippen LogP contribution in [0.15, 0.2) is 30.3 Å². The summed E-state index contributed by atoms with van der Waals surface area (Å²) in [6, 6.07) is 10.1. The van der Waals surface area contributed by atoms with Crippen molar-refractivity contribution in [3.63, 3.8) is 0 Å². The normalized spacial score (nSPS) is 8.79. The summed E-state index contributed by atoms with van der Waals surface area (Å²) in [5.74, 6) is 2.34. The van der Waals surface area contributed by atoms with E-state index >= 15 is 0 Å². The zero-order valence-electron chi connectivity index (χ0n) is 8.62. The molecule has 0 unspecified atom stereocenters. The summed E-state index contributed by atoms with van der Waals surface area (Å²) in [7, 11) is 0. The first-order valence-corrected chi connectivity index (χ1v) is 4.45. The summed E-state index contributed by atoms with van der Waals surface area (Å²) >= 11 is 0. The number of unbranched alkanes of at least 4 members (excludes halogenated alkanes) is 1. The molecule has 0 atom stereocenters. The van der Waals surface area contributed by atoms with Gasteiger partial charge in [-0.05, 0) is 18.4 Å². The number of hydrogen-bond donors (Lipinski definition) is 0. The van der Waals surface area contributed by atoms with Gasteiger partial charge >= 0.3 is 18.9 Å². The van der Waals surface area contributed by atoms with Crippen molar-refractivity contribution in [1.82, 2.24) is 0 Å². The zero-order valence-corrected chi connectivity index (χ0v) is 8.62. The first-order valence-electron chi connectivity index (χ1n) is 4.45. The van der Waals surface area contributed by atoms with Gasteiger partial charge < -0.3 is 17.1 Å². The SMILES string of the molecule is [C-]#CCCCOCc1ccccc1.[Li+]. The summed E-state index contributed by atoms with van der Waals surface area (Å²) in [5.41, 5.74) is 1.20. The molecule has 0 saturated carbocycles. The third kappa shape index (κ3) is 5.89. The molecule has 0 fully saturated rings. The van der Waals surface area contributed by atoms with Gasteiger partial charge in [0.05, 0.1) is 6.61 Å². The minimum absolute atomic E-state index is 0. The molecule has 0 spiro atoms. The van der Waals surface area contributed by atoms with Crippen LogP contribution in [-0.2, 0) is 11.3 Å². The quantitative estimate of drug-likeness (QED) is 0.259. The van der Waals surface area contributed by atoms with Crippen molar-refractivity contribution in [3.8, 4) is 5.92 Å². The molecule has 2 heteroatoms. The molecule has 0 aliphatic rings. The van der Waals surface area contributed by atoms with E-state index in [1.807, 2.05) is 30.3 Å². The van der Waals surface area contributed by atoms with Crippen LogP contribution >= 0.6 is 0 Å². The maximum Gasteiger partial charge on any atom is 1.00 e. The Hall–Kier alpha value is -0.663. The molecular formula is C12H13LiO. The van der Waals surface area contributed by atoms with E-state index in [4.69, 9.17) is 11.2 Å². The van der Waals surface area contributed by atoms with Crippen molar-refractivity contribution < 1.29 is 23.6 Å². The molecule has 0 aliphatic heterocycles. The molecule has 0 aromatic heterocycles. The third-order valence-electron chi connectivity index (χ3n) is 1.70. The Bertz CT molecular complexity index is 263. The average Bonchev–Trinajstić information content (AvgIpc) is 2.19. The molecular weight excluding hydrogens is 167 g/mol. The summed E-state index contributed by atoms with van der Waals surface area (Å²) < 4.78 is 5.40. The predicted molar refractivity (Wildman–Crippen MR) is 52.5 cm³/mol. The van der Waals surface area contributed by atoms with Gasteiger partial charge in [-0.15, -0.1) is 0 Å². The average molecular weight is 180 g/mol. The van der Waals surface area contributed by atoms with E-state index in [-0.39, 0.29) is 18.9 Å². The second-order valence-electron chi connectivity index (χ2n) is 2.82. The number of ether oxygens (including phenoxy) is 1. The van der Waals surface area contributed by atoms with E-state index in [1.165, 1.54) is 5.56 Å². The van der Waals surface area contributed by atoms with Crippen LogP contribution in [0.4, 0.5) is 0 Å². The molecule has 1 nitrogen and oxygen atoms in total. The van der Waals surface area contributed by atoms with Crippen molar-refractivity contribution >= 4 is 0 Å². The molecule has 0 radical (unpaired) electrons. The topological polar surface area (TPSA) is 9.23 Å². The van der Waals surface area contributed by atoms with E-state index in [2.05, 4.69) is 5.92 Å². The third-order valence-corrected chi connectivity index (χ3v) is 1.70. The van der Waals surface area contributed by atoms with Crippen molar-refractivity contribution in [3.05, 3.63) is 42.3 Å². The molecule has 0 saturated heterocycles. The molecule has 68 valence electrons. The van der Waals surface area contributed by atoms with Crippen LogP contribution in [0.2, 0.25) is 0 Å². The van der Waals surface area contributed by atoms with Gasteiger partial charge in [0.1, 0.15) is 0 Å². The molecule has 0 amide bonds. The number of benzene rings is 1. The van der Waals surface area contributed by atoms with E-state index < -0.39 is 0 Å². The van der Waals surface area contributed by atoms with Crippen LogP contribution in [0.1, 0.15) is 18.4 Å². The Morgan fingerprint density at radius 3 is 2.57 bits per heavy atom.